The van der Waals surface area contributed by atoms with Crippen LogP contribution in [0.1, 0.15) is 27.7 Å². The molecule has 0 amide bonds. The van der Waals surface area contributed by atoms with Crippen molar-refractivity contribution < 1.29 is 38.1 Å². The minimum Gasteiger partial charge on any atom is -0.467 e. The van der Waals surface area contributed by atoms with Crippen LogP contribution in [0, 0.1) is 16.2 Å². The number of hydrogen-bond acceptors (Lipinski definition) is 11. The van der Waals surface area contributed by atoms with Crippen LogP contribution in [-0.2, 0) is 38.1 Å². The summed E-state index contributed by atoms with van der Waals surface area (Å²) >= 11 is 11.7. The van der Waals surface area contributed by atoms with Gasteiger partial charge in [0.25, 0.3) is 6.47 Å². The minimum absolute atomic E-state index is 0.0724. The summed E-state index contributed by atoms with van der Waals surface area (Å²) in [6, 6.07) is 0. The van der Waals surface area contributed by atoms with Crippen molar-refractivity contribution in [2.75, 3.05) is 43.7 Å². The average Bonchev–Trinajstić information content (AvgIpc) is 2.69. The molecule has 0 aliphatic heterocycles. The van der Waals surface area contributed by atoms with Gasteiger partial charge in [-0.25, -0.2) is 0 Å². The van der Waals surface area contributed by atoms with E-state index in [1.54, 1.807) is 27.7 Å². The van der Waals surface area contributed by atoms with Crippen LogP contribution in [0.15, 0.2) is 0 Å². The predicted molar refractivity (Wildman–Crippen MR) is 116 cm³/mol. The first kappa shape index (κ1) is 27.9. The largest absolute Gasteiger partial charge is 0.467 e. The van der Waals surface area contributed by atoms with Gasteiger partial charge in [-0.05, 0) is 0 Å². The lowest BCUT2D eigenvalue weighted by Gasteiger charge is -2.53. The van der Waals surface area contributed by atoms with Crippen LogP contribution in [0.2, 0.25) is 0 Å². The summed E-state index contributed by atoms with van der Waals surface area (Å²) < 4.78 is 21.0. The molecule has 168 valence electrons. The second kappa shape index (κ2) is 12.6. The molecule has 0 fully saturated rings. The topological polar surface area (TPSA) is 105 Å². The average molecular weight is 471 g/mol. The Morgan fingerprint density at radius 1 is 0.690 bits per heavy atom. The second-order valence-corrected chi connectivity index (χ2v) is 8.66. The highest BCUT2D eigenvalue weighted by Gasteiger charge is 2.57. The molecule has 29 heavy (non-hydrogen) atoms. The second-order valence-electron chi connectivity index (χ2n) is 7.71. The number of carbonyl (C=O) groups is 4. The van der Waals surface area contributed by atoms with Gasteiger partial charge in [-0.15, -0.1) is 0 Å². The van der Waals surface area contributed by atoms with E-state index in [1.807, 2.05) is 0 Å². The summed E-state index contributed by atoms with van der Waals surface area (Å²) in [6.45, 7) is 6.90. The predicted octanol–water partition coefficient (Wildman–Crippen LogP) is 1.62. The van der Waals surface area contributed by atoms with Gasteiger partial charge in [0.2, 0.25) is 0 Å². The number of thiol groups is 3. The standard InChI is InChI=1S/C18H30O8S3/c1-16(2,8-24-13(20)5-27)18(10-23-12-19,11-26-15(22)7-29)17(3,4)9-25-14(21)6-28/h12,27-29H,5-11H2,1-4H3. The lowest BCUT2D eigenvalue weighted by molar-refractivity contribution is -0.194. The summed E-state index contributed by atoms with van der Waals surface area (Å²) in [4.78, 5) is 46.1. The third-order valence-corrected chi connectivity index (χ3v) is 5.82. The normalized spacial score (nSPS) is 12.1. The van der Waals surface area contributed by atoms with Gasteiger partial charge in [0.15, 0.2) is 0 Å². The van der Waals surface area contributed by atoms with E-state index in [2.05, 4.69) is 37.9 Å². The molecule has 0 aromatic rings. The molecule has 0 radical (unpaired) electrons. The van der Waals surface area contributed by atoms with Crippen molar-refractivity contribution in [3.05, 3.63) is 0 Å². The Morgan fingerprint density at radius 3 is 1.34 bits per heavy atom. The molecule has 0 unspecified atom stereocenters. The van der Waals surface area contributed by atoms with E-state index in [-0.39, 0.29) is 50.2 Å². The zero-order valence-corrected chi connectivity index (χ0v) is 19.8. The molecule has 0 aliphatic rings. The molecular formula is C18H30O8S3. The van der Waals surface area contributed by atoms with E-state index in [1.165, 1.54) is 0 Å². The van der Waals surface area contributed by atoms with Crippen molar-refractivity contribution in [3.8, 4) is 0 Å². The quantitative estimate of drug-likeness (QED) is 0.152. The molecule has 0 spiro atoms. The van der Waals surface area contributed by atoms with Crippen LogP contribution in [-0.4, -0.2) is 68.1 Å². The van der Waals surface area contributed by atoms with Crippen molar-refractivity contribution in [1.29, 1.82) is 0 Å². The first-order valence-electron chi connectivity index (χ1n) is 8.77. The Labute approximate surface area is 188 Å². The Kier molecular flexibility index (Phi) is 12.1. The third kappa shape index (κ3) is 7.93. The fourth-order valence-corrected chi connectivity index (χ4v) is 3.33. The molecule has 0 bridgehead atoms. The highest BCUT2D eigenvalue weighted by Crippen LogP contribution is 2.53. The molecule has 0 atom stereocenters. The fourth-order valence-electron chi connectivity index (χ4n) is 3.05. The van der Waals surface area contributed by atoms with Gasteiger partial charge in [-0.2, -0.15) is 37.9 Å². The molecule has 0 heterocycles. The summed E-state index contributed by atoms with van der Waals surface area (Å²) in [5.41, 5.74) is -2.84. The zero-order valence-electron chi connectivity index (χ0n) is 17.1. The number of hydrogen-bond donors (Lipinski definition) is 3. The van der Waals surface area contributed by atoms with E-state index in [4.69, 9.17) is 18.9 Å². The van der Waals surface area contributed by atoms with Gasteiger partial charge in [0, 0.05) is 10.8 Å². The molecule has 0 aromatic carbocycles. The van der Waals surface area contributed by atoms with Crippen molar-refractivity contribution in [2.45, 2.75) is 27.7 Å². The molecule has 0 aromatic heterocycles. The van der Waals surface area contributed by atoms with E-state index in [0.29, 0.717) is 0 Å². The van der Waals surface area contributed by atoms with Crippen LogP contribution in [0.25, 0.3) is 0 Å². The SMILES string of the molecule is CC(C)(COC(=O)CS)C(COC=O)(COC(=O)CS)C(C)(C)COC(=O)CS. The molecule has 11 heteroatoms. The summed E-state index contributed by atoms with van der Waals surface area (Å²) in [5, 5.41) is 0. The maximum absolute atomic E-state index is 11.8. The van der Waals surface area contributed by atoms with Gasteiger partial charge in [0.1, 0.15) is 13.2 Å². The molecule has 0 saturated heterocycles. The Balaban J connectivity index is 6.12. The third-order valence-electron chi connectivity index (χ3n) is 5.04. The van der Waals surface area contributed by atoms with E-state index < -0.39 is 34.2 Å². The van der Waals surface area contributed by atoms with E-state index >= 15 is 0 Å². The minimum atomic E-state index is -1.09. The molecule has 0 saturated carbocycles. The fraction of sp³-hybridized carbons (Fsp3) is 0.778. The van der Waals surface area contributed by atoms with Gasteiger partial charge in [-0.1, -0.05) is 27.7 Å². The van der Waals surface area contributed by atoms with Crippen molar-refractivity contribution in [1.82, 2.24) is 0 Å². The Morgan fingerprint density at radius 2 is 1.03 bits per heavy atom. The molecule has 0 rings (SSSR count). The highest BCUT2D eigenvalue weighted by atomic mass is 32.1. The summed E-state index contributed by atoms with van der Waals surface area (Å²) in [7, 11) is 0. The zero-order chi connectivity index (χ0) is 22.7. The molecule has 8 nitrogen and oxygen atoms in total. The van der Waals surface area contributed by atoms with Crippen LogP contribution in [0.5, 0.6) is 0 Å². The Bertz CT molecular complexity index is 545. The van der Waals surface area contributed by atoms with Gasteiger partial charge in [-0.3, -0.25) is 19.2 Å². The lowest BCUT2D eigenvalue weighted by atomic mass is 9.53. The summed E-state index contributed by atoms with van der Waals surface area (Å²) in [5.74, 6) is -1.99. The number of ether oxygens (including phenoxy) is 4. The number of esters is 3. The maximum atomic E-state index is 11.8. The smallest absolute Gasteiger partial charge is 0.315 e. The van der Waals surface area contributed by atoms with Crippen molar-refractivity contribution >= 4 is 62.3 Å². The van der Waals surface area contributed by atoms with Crippen molar-refractivity contribution in [3.63, 3.8) is 0 Å². The van der Waals surface area contributed by atoms with Gasteiger partial charge in [0.05, 0.1) is 35.9 Å². The number of rotatable bonds is 14. The first-order chi connectivity index (χ1) is 13.4. The van der Waals surface area contributed by atoms with Crippen LogP contribution >= 0.6 is 37.9 Å². The van der Waals surface area contributed by atoms with Crippen LogP contribution in [0.3, 0.4) is 0 Å². The van der Waals surface area contributed by atoms with E-state index in [9.17, 15) is 19.2 Å². The summed E-state index contributed by atoms with van der Waals surface area (Å²) in [6.07, 6.45) is 0. The van der Waals surface area contributed by atoms with E-state index in [0.717, 1.165) is 0 Å². The molecular weight excluding hydrogens is 440 g/mol. The Hall–Kier alpha value is -1.07. The number of carbonyl (C=O) groups excluding carboxylic acids is 4. The maximum Gasteiger partial charge on any atom is 0.315 e. The first-order valence-corrected chi connectivity index (χ1v) is 10.7. The van der Waals surface area contributed by atoms with Crippen LogP contribution < -0.4 is 0 Å². The lowest BCUT2D eigenvalue weighted by Crippen LogP contribution is -2.59. The highest BCUT2D eigenvalue weighted by molar-refractivity contribution is 7.81. The van der Waals surface area contributed by atoms with Gasteiger partial charge < -0.3 is 18.9 Å². The molecule has 0 N–H and O–H groups in total. The monoisotopic (exact) mass is 470 g/mol. The molecule has 0 aliphatic carbocycles. The van der Waals surface area contributed by atoms with Crippen LogP contribution in [0.4, 0.5) is 0 Å². The van der Waals surface area contributed by atoms with Gasteiger partial charge >= 0.3 is 17.9 Å². The van der Waals surface area contributed by atoms with Crippen molar-refractivity contribution in [2.24, 2.45) is 16.2 Å².